The van der Waals surface area contributed by atoms with E-state index in [4.69, 9.17) is 4.52 Å². The molecule has 1 aliphatic heterocycles. The van der Waals surface area contributed by atoms with Crippen LogP contribution in [0.5, 0.6) is 0 Å². The number of piperazine rings is 1. The zero-order valence-corrected chi connectivity index (χ0v) is 18.3. The fraction of sp³-hybridized carbons (Fsp3) is 0.320. The van der Waals surface area contributed by atoms with Gasteiger partial charge in [0.15, 0.2) is 5.69 Å². The Morgan fingerprint density at radius 1 is 0.969 bits per heavy atom. The Kier molecular flexibility index (Phi) is 6.97. The van der Waals surface area contributed by atoms with Crippen molar-refractivity contribution in [3.8, 4) is 11.1 Å². The molecular formula is C25H28N4O3. The minimum absolute atomic E-state index is 0.0210. The summed E-state index contributed by atoms with van der Waals surface area (Å²) in [4.78, 5) is 28.8. The van der Waals surface area contributed by atoms with Gasteiger partial charge in [0.05, 0.1) is 6.42 Å². The van der Waals surface area contributed by atoms with Crippen LogP contribution in [0.1, 0.15) is 21.8 Å². The first kappa shape index (κ1) is 21.8. The molecule has 1 aromatic heterocycles. The van der Waals surface area contributed by atoms with Gasteiger partial charge in [-0.2, -0.15) is 0 Å². The highest BCUT2D eigenvalue weighted by Gasteiger charge is 2.24. The van der Waals surface area contributed by atoms with Crippen LogP contribution >= 0.6 is 0 Å². The highest BCUT2D eigenvalue weighted by Crippen LogP contribution is 2.19. The molecular weight excluding hydrogens is 404 g/mol. The van der Waals surface area contributed by atoms with Crippen LogP contribution in [0.3, 0.4) is 0 Å². The molecule has 1 fully saturated rings. The lowest BCUT2D eigenvalue weighted by Gasteiger charge is -2.34. The van der Waals surface area contributed by atoms with Gasteiger partial charge in [0.2, 0.25) is 5.91 Å². The van der Waals surface area contributed by atoms with Crippen LogP contribution < -0.4 is 5.32 Å². The fourth-order valence-corrected chi connectivity index (χ4v) is 3.85. The highest BCUT2D eigenvalue weighted by molar-refractivity contribution is 5.92. The molecule has 0 atom stereocenters. The number of aryl methyl sites for hydroxylation is 1. The number of hydrogen-bond acceptors (Lipinski definition) is 5. The summed E-state index contributed by atoms with van der Waals surface area (Å²) in [5.74, 6) is 0.565. The van der Waals surface area contributed by atoms with E-state index in [-0.39, 0.29) is 11.8 Å². The monoisotopic (exact) mass is 432 g/mol. The molecule has 0 unspecified atom stereocenters. The van der Waals surface area contributed by atoms with Gasteiger partial charge in [0, 0.05) is 45.3 Å². The molecule has 7 nitrogen and oxygen atoms in total. The summed E-state index contributed by atoms with van der Waals surface area (Å²) in [6.45, 7) is 5.98. The second-order valence-electron chi connectivity index (χ2n) is 8.05. The Labute approximate surface area is 188 Å². The molecule has 32 heavy (non-hydrogen) atoms. The third-order valence-electron chi connectivity index (χ3n) is 5.68. The Balaban J connectivity index is 1.16. The van der Waals surface area contributed by atoms with Crippen molar-refractivity contribution >= 4 is 11.8 Å². The lowest BCUT2D eigenvalue weighted by Crippen LogP contribution is -2.50. The first-order valence-corrected chi connectivity index (χ1v) is 10.9. The number of nitrogens with one attached hydrogen (secondary N) is 1. The van der Waals surface area contributed by atoms with Crippen LogP contribution in [0.2, 0.25) is 0 Å². The minimum Gasteiger partial charge on any atom is -0.361 e. The Bertz CT molecular complexity index is 1040. The van der Waals surface area contributed by atoms with Crippen LogP contribution in [0.25, 0.3) is 11.1 Å². The number of rotatable bonds is 7. The molecule has 3 aromatic rings. The van der Waals surface area contributed by atoms with Gasteiger partial charge in [0.25, 0.3) is 5.91 Å². The van der Waals surface area contributed by atoms with Crippen molar-refractivity contribution in [3.05, 3.63) is 77.7 Å². The number of carbonyl (C=O) groups excluding carboxylic acids is 2. The summed E-state index contributed by atoms with van der Waals surface area (Å²) in [5, 5.41) is 6.81. The van der Waals surface area contributed by atoms with Gasteiger partial charge >= 0.3 is 0 Å². The van der Waals surface area contributed by atoms with Crippen LogP contribution in [0.15, 0.2) is 65.2 Å². The van der Waals surface area contributed by atoms with E-state index in [9.17, 15) is 9.59 Å². The third kappa shape index (κ3) is 5.62. The Hall–Kier alpha value is -3.45. The van der Waals surface area contributed by atoms with Crippen LogP contribution in [-0.4, -0.2) is 66.0 Å². The summed E-state index contributed by atoms with van der Waals surface area (Å²) >= 11 is 0. The summed E-state index contributed by atoms with van der Waals surface area (Å²) in [6, 6.07) is 20.0. The molecule has 0 spiro atoms. The maximum Gasteiger partial charge on any atom is 0.276 e. The molecule has 1 aliphatic rings. The molecule has 4 rings (SSSR count). The Morgan fingerprint density at radius 3 is 2.31 bits per heavy atom. The number of nitrogens with zero attached hydrogens (tertiary/aromatic N) is 3. The number of carbonyl (C=O) groups is 2. The highest BCUT2D eigenvalue weighted by atomic mass is 16.5. The number of aromatic nitrogens is 1. The smallest absolute Gasteiger partial charge is 0.276 e. The van der Waals surface area contributed by atoms with E-state index in [1.54, 1.807) is 17.9 Å². The lowest BCUT2D eigenvalue weighted by molar-refractivity contribution is -0.120. The molecule has 1 saturated heterocycles. The zero-order valence-electron chi connectivity index (χ0n) is 18.3. The van der Waals surface area contributed by atoms with Crippen LogP contribution in [-0.2, 0) is 11.2 Å². The van der Waals surface area contributed by atoms with Crippen LogP contribution in [0.4, 0.5) is 0 Å². The van der Waals surface area contributed by atoms with Crippen molar-refractivity contribution in [1.29, 1.82) is 0 Å². The maximum absolute atomic E-state index is 12.4. The number of benzene rings is 2. The molecule has 0 bridgehead atoms. The number of hydrogen-bond donors (Lipinski definition) is 1. The lowest BCUT2D eigenvalue weighted by atomic mass is 10.0. The average Bonchev–Trinajstić information content (AvgIpc) is 3.26. The largest absolute Gasteiger partial charge is 0.361 e. The maximum atomic E-state index is 12.4. The quantitative estimate of drug-likeness (QED) is 0.621. The van der Waals surface area contributed by atoms with Crippen molar-refractivity contribution in [3.63, 3.8) is 0 Å². The minimum atomic E-state index is -0.0897. The summed E-state index contributed by atoms with van der Waals surface area (Å²) in [5.41, 5.74) is 3.67. The van der Waals surface area contributed by atoms with E-state index in [0.717, 1.165) is 30.8 Å². The molecule has 0 aliphatic carbocycles. The summed E-state index contributed by atoms with van der Waals surface area (Å²) in [7, 11) is 0. The molecule has 0 saturated carbocycles. The van der Waals surface area contributed by atoms with E-state index in [1.165, 1.54) is 5.56 Å². The second kappa shape index (κ2) is 10.2. The third-order valence-corrected chi connectivity index (χ3v) is 5.68. The molecule has 7 heteroatoms. The predicted octanol–water partition coefficient (Wildman–Crippen LogP) is 2.77. The van der Waals surface area contributed by atoms with Crippen molar-refractivity contribution in [2.45, 2.75) is 13.3 Å². The van der Waals surface area contributed by atoms with E-state index in [1.807, 2.05) is 30.3 Å². The second-order valence-corrected chi connectivity index (χ2v) is 8.05. The van der Waals surface area contributed by atoms with Crippen molar-refractivity contribution in [2.75, 3.05) is 39.3 Å². The average molecular weight is 433 g/mol. The molecule has 0 radical (unpaired) electrons. The number of amides is 2. The van der Waals surface area contributed by atoms with E-state index < -0.39 is 0 Å². The van der Waals surface area contributed by atoms with Crippen molar-refractivity contribution < 1.29 is 14.1 Å². The topological polar surface area (TPSA) is 78.7 Å². The molecule has 166 valence electrons. The first-order chi connectivity index (χ1) is 15.6. The van der Waals surface area contributed by atoms with E-state index >= 15 is 0 Å². The normalized spacial score (nSPS) is 14.3. The van der Waals surface area contributed by atoms with Crippen molar-refractivity contribution in [2.24, 2.45) is 0 Å². The standard InChI is InChI=1S/C25H28N4O3/c1-19-17-23(27-32-19)25(31)29-15-13-28(14-16-29)12-11-26-24(30)18-20-7-9-22(10-8-20)21-5-3-2-4-6-21/h2-10,17H,11-16,18H2,1H3,(H,26,30). The van der Waals surface area contributed by atoms with Crippen LogP contribution in [0, 0.1) is 6.92 Å². The van der Waals surface area contributed by atoms with E-state index in [0.29, 0.717) is 37.5 Å². The zero-order chi connectivity index (χ0) is 22.3. The molecule has 2 amide bonds. The van der Waals surface area contributed by atoms with Gasteiger partial charge in [-0.25, -0.2) is 0 Å². The van der Waals surface area contributed by atoms with E-state index in [2.05, 4.69) is 39.6 Å². The van der Waals surface area contributed by atoms with Gasteiger partial charge in [-0.3, -0.25) is 14.5 Å². The predicted molar refractivity (Wildman–Crippen MR) is 122 cm³/mol. The first-order valence-electron chi connectivity index (χ1n) is 10.9. The molecule has 2 heterocycles. The summed E-state index contributed by atoms with van der Waals surface area (Å²) in [6.07, 6.45) is 0.370. The van der Waals surface area contributed by atoms with Gasteiger partial charge in [-0.15, -0.1) is 0 Å². The summed E-state index contributed by atoms with van der Waals surface area (Å²) < 4.78 is 4.99. The SMILES string of the molecule is Cc1cc(C(=O)N2CCN(CCNC(=O)Cc3ccc(-c4ccccc4)cc3)CC2)no1. The van der Waals surface area contributed by atoms with Gasteiger partial charge < -0.3 is 14.7 Å². The van der Waals surface area contributed by atoms with Gasteiger partial charge in [-0.1, -0.05) is 59.8 Å². The molecule has 2 aromatic carbocycles. The van der Waals surface area contributed by atoms with Crippen molar-refractivity contribution in [1.82, 2.24) is 20.3 Å². The Morgan fingerprint density at radius 2 is 1.66 bits per heavy atom. The fourth-order valence-electron chi connectivity index (χ4n) is 3.85. The van der Waals surface area contributed by atoms with Gasteiger partial charge in [0.1, 0.15) is 5.76 Å². The van der Waals surface area contributed by atoms with Gasteiger partial charge in [-0.05, 0) is 23.6 Å². The molecule has 1 N–H and O–H groups in total.